The Bertz CT molecular complexity index is 614. The Hall–Kier alpha value is -0.790. The van der Waals surface area contributed by atoms with E-state index in [0.29, 0.717) is 14.9 Å². The maximum atomic E-state index is 12.2. The van der Waals surface area contributed by atoms with Crippen molar-refractivity contribution in [2.75, 3.05) is 0 Å². The minimum absolute atomic E-state index is 0.0346. The summed E-state index contributed by atoms with van der Waals surface area (Å²) >= 11 is 7.86. The van der Waals surface area contributed by atoms with E-state index in [2.05, 4.69) is 36.6 Å². The molecule has 0 spiro atoms. The first kappa shape index (κ1) is 14.6. The molecule has 7 heteroatoms. The Morgan fingerprint density at radius 3 is 2.63 bits per heavy atom. The predicted octanol–water partition coefficient (Wildman–Crippen LogP) is 5.11. The van der Waals surface area contributed by atoms with Crippen molar-refractivity contribution < 1.29 is 18.3 Å². The summed E-state index contributed by atoms with van der Waals surface area (Å²) in [4.78, 5) is 12.7. The Morgan fingerprint density at radius 2 is 2.05 bits per heavy atom. The van der Waals surface area contributed by atoms with E-state index in [1.54, 1.807) is 11.4 Å². The number of hydrogen-bond donors (Lipinski definition) is 0. The van der Waals surface area contributed by atoms with Crippen LogP contribution in [0, 0.1) is 0 Å². The van der Waals surface area contributed by atoms with E-state index in [-0.39, 0.29) is 11.5 Å². The zero-order valence-electron chi connectivity index (χ0n) is 9.20. The van der Waals surface area contributed by atoms with Crippen molar-refractivity contribution in [2.24, 2.45) is 0 Å². The molecule has 0 radical (unpaired) electrons. The molecular weight excluding hydrogens is 406 g/mol. The van der Waals surface area contributed by atoms with Crippen molar-refractivity contribution in [3.8, 4) is 5.75 Å². The van der Waals surface area contributed by atoms with E-state index in [0.717, 1.165) is 4.47 Å². The van der Waals surface area contributed by atoms with Crippen LogP contribution in [0.5, 0.6) is 5.75 Å². The van der Waals surface area contributed by atoms with Crippen LogP contribution in [0.4, 0.5) is 8.78 Å². The van der Waals surface area contributed by atoms with Gasteiger partial charge in [0.2, 0.25) is 5.78 Å². The molecule has 0 aliphatic rings. The molecular formula is C12H6Br2F2O2S. The van der Waals surface area contributed by atoms with Crippen LogP contribution in [-0.2, 0) is 0 Å². The highest BCUT2D eigenvalue weighted by molar-refractivity contribution is 9.13. The monoisotopic (exact) mass is 410 g/mol. The fraction of sp³-hybridized carbons (Fsp3) is 0.0833. The number of benzene rings is 1. The lowest BCUT2D eigenvalue weighted by atomic mass is 10.1. The zero-order valence-corrected chi connectivity index (χ0v) is 13.2. The highest BCUT2D eigenvalue weighted by Gasteiger charge is 2.17. The summed E-state index contributed by atoms with van der Waals surface area (Å²) in [7, 11) is 0. The van der Waals surface area contributed by atoms with Crippen LogP contribution in [0.15, 0.2) is 38.6 Å². The van der Waals surface area contributed by atoms with E-state index in [9.17, 15) is 13.6 Å². The lowest BCUT2D eigenvalue weighted by Gasteiger charge is -2.06. The smallest absolute Gasteiger partial charge is 0.387 e. The van der Waals surface area contributed by atoms with Gasteiger partial charge in [0, 0.05) is 15.4 Å². The molecule has 2 aromatic rings. The van der Waals surface area contributed by atoms with Crippen LogP contribution >= 0.6 is 43.2 Å². The molecule has 1 aromatic carbocycles. The van der Waals surface area contributed by atoms with Gasteiger partial charge in [-0.05, 0) is 44.0 Å². The molecule has 0 saturated heterocycles. The third-order valence-electron chi connectivity index (χ3n) is 2.22. The SMILES string of the molecule is O=C(c1cccc(OC(F)F)c1)c1scc(Br)c1Br. The van der Waals surface area contributed by atoms with Crippen LogP contribution in [0.25, 0.3) is 0 Å². The van der Waals surface area contributed by atoms with Gasteiger partial charge in [-0.25, -0.2) is 0 Å². The van der Waals surface area contributed by atoms with Crippen molar-refractivity contribution in [1.29, 1.82) is 0 Å². The first-order valence-electron chi connectivity index (χ1n) is 5.01. The second-order valence-electron chi connectivity index (χ2n) is 3.46. The second-order valence-corrected chi connectivity index (χ2v) is 5.99. The Labute approximate surface area is 128 Å². The number of carbonyl (C=O) groups excluding carboxylic acids is 1. The highest BCUT2D eigenvalue weighted by Crippen LogP contribution is 2.34. The lowest BCUT2D eigenvalue weighted by Crippen LogP contribution is -2.04. The Kier molecular flexibility index (Phi) is 4.70. The second kappa shape index (κ2) is 6.11. The van der Waals surface area contributed by atoms with Crippen LogP contribution in [0.2, 0.25) is 0 Å². The molecule has 0 bridgehead atoms. The maximum absolute atomic E-state index is 12.2. The molecule has 0 atom stereocenters. The van der Waals surface area contributed by atoms with E-state index >= 15 is 0 Å². The van der Waals surface area contributed by atoms with Gasteiger partial charge < -0.3 is 4.74 Å². The Morgan fingerprint density at radius 1 is 1.32 bits per heavy atom. The van der Waals surface area contributed by atoms with E-state index in [4.69, 9.17) is 0 Å². The summed E-state index contributed by atoms with van der Waals surface area (Å²) in [5.41, 5.74) is 0.299. The minimum Gasteiger partial charge on any atom is -0.435 e. The van der Waals surface area contributed by atoms with E-state index in [1.165, 1.54) is 29.5 Å². The summed E-state index contributed by atoms with van der Waals surface area (Å²) in [5.74, 6) is -0.283. The van der Waals surface area contributed by atoms with Gasteiger partial charge in [-0.1, -0.05) is 12.1 Å². The molecule has 0 aliphatic heterocycles. The molecule has 0 saturated carbocycles. The zero-order chi connectivity index (χ0) is 14.0. The largest absolute Gasteiger partial charge is 0.435 e. The standard InChI is InChI=1S/C12H6Br2F2O2S/c13-8-5-19-11(9(8)14)10(17)6-2-1-3-7(4-6)18-12(15)16/h1-5,12H. The third kappa shape index (κ3) is 3.40. The van der Waals surface area contributed by atoms with Gasteiger partial charge in [0.15, 0.2) is 0 Å². The molecule has 1 heterocycles. The Balaban J connectivity index is 2.31. The van der Waals surface area contributed by atoms with Crippen molar-refractivity contribution in [3.05, 3.63) is 49.0 Å². The van der Waals surface area contributed by atoms with E-state index in [1.807, 2.05) is 0 Å². The van der Waals surface area contributed by atoms with Crippen LogP contribution in [0.1, 0.15) is 15.2 Å². The summed E-state index contributed by atoms with van der Waals surface area (Å²) < 4.78 is 30.0. The van der Waals surface area contributed by atoms with Gasteiger partial charge in [0.05, 0.1) is 9.35 Å². The van der Waals surface area contributed by atoms with Crippen LogP contribution in [0.3, 0.4) is 0 Å². The number of rotatable bonds is 4. The van der Waals surface area contributed by atoms with Crippen molar-refractivity contribution >= 4 is 49.0 Å². The maximum Gasteiger partial charge on any atom is 0.387 e. The van der Waals surface area contributed by atoms with Crippen LogP contribution < -0.4 is 4.74 Å². The number of ketones is 1. The average molecular weight is 412 g/mol. The van der Waals surface area contributed by atoms with Crippen molar-refractivity contribution in [2.45, 2.75) is 6.61 Å². The normalized spacial score (nSPS) is 10.8. The molecule has 19 heavy (non-hydrogen) atoms. The summed E-state index contributed by atoms with van der Waals surface area (Å²) in [5, 5.41) is 1.77. The van der Waals surface area contributed by atoms with Gasteiger partial charge in [0.1, 0.15) is 5.75 Å². The molecule has 0 unspecified atom stereocenters. The molecule has 0 fully saturated rings. The molecule has 2 rings (SSSR count). The van der Waals surface area contributed by atoms with Crippen LogP contribution in [-0.4, -0.2) is 12.4 Å². The van der Waals surface area contributed by atoms with Crippen molar-refractivity contribution in [3.63, 3.8) is 0 Å². The summed E-state index contributed by atoms with van der Waals surface area (Å²) in [6.45, 7) is -2.91. The topological polar surface area (TPSA) is 26.3 Å². The fourth-order valence-electron chi connectivity index (χ4n) is 1.42. The number of hydrogen-bond acceptors (Lipinski definition) is 3. The number of ether oxygens (including phenoxy) is 1. The number of halogens is 4. The first-order chi connectivity index (χ1) is 8.99. The summed E-state index contributed by atoms with van der Waals surface area (Å²) in [6.07, 6.45) is 0. The average Bonchev–Trinajstić information content (AvgIpc) is 2.69. The molecule has 0 N–H and O–H groups in total. The number of thiophene rings is 1. The highest BCUT2D eigenvalue weighted by atomic mass is 79.9. The quantitative estimate of drug-likeness (QED) is 0.653. The van der Waals surface area contributed by atoms with Crippen molar-refractivity contribution in [1.82, 2.24) is 0 Å². The van der Waals surface area contributed by atoms with E-state index < -0.39 is 6.61 Å². The molecule has 1 aromatic heterocycles. The predicted molar refractivity (Wildman–Crippen MR) is 76.2 cm³/mol. The van der Waals surface area contributed by atoms with Gasteiger partial charge in [-0.2, -0.15) is 8.78 Å². The molecule has 0 amide bonds. The molecule has 2 nitrogen and oxygen atoms in total. The van der Waals surface area contributed by atoms with Gasteiger partial charge in [-0.15, -0.1) is 11.3 Å². The number of carbonyl (C=O) groups is 1. The number of alkyl halides is 2. The lowest BCUT2D eigenvalue weighted by molar-refractivity contribution is -0.0498. The van der Waals surface area contributed by atoms with Gasteiger partial charge in [0.25, 0.3) is 0 Å². The third-order valence-corrected chi connectivity index (χ3v) is 5.74. The first-order valence-corrected chi connectivity index (χ1v) is 7.47. The van der Waals surface area contributed by atoms with Gasteiger partial charge in [-0.3, -0.25) is 4.79 Å². The fourth-order valence-corrected chi connectivity index (χ4v) is 3.53. The molecule has 100 valence electrons. The van der Waals surface area contributed by atoms with Gasteiger partial charge >= 0.3 is 6.61 Å². The minimum atomic E-state index is -2.91. The summed E-state index contributed by atoms with van der Waals surface area (Å²) in [6, 6.07) is 5.74. The molecule has 0 aliphatic carbocycles.